The van der Waals surface area contributed by atoms with E-state index in [4.69, 9.17) is 4.74 Å². The third-order valence-electron chi connectivity index (χ3n) is 2.57. The molecule has 3 heteroatoms. The van der Waals surface area contributed by atoms with Crippen molar-refractivity contribution in [3.8, 4) is 0 Å². The molecule has 0 amide bonds. The smallest absolute Gasteiger partial charge is 0.0587 e. The highest BCUT2D eigenvalue weighted by Crippen LogP contribution is 2.05. The summed E-state index contributed by atoms with van der Waals surface area (Å²) in [5.74, 6) is 0. The van der Waals surface area contributed by atoms with Gasteiger partial charge in [-0.15, -0.1) is 0 Å². The molecule has 0 aliphatic heterocycles. The Labute approximate surface area is 88.6 Å². The molecule has 0 spiro atoms. The Bertz CT molecular complexity index is 137. The average molecular weight is 202 g/mol. The standard InChI is InChI=1S/C11H26N2O/c1-6-11(3,4)13-9-10(2)12-7-8-14-5/h10,12-13H,6-9H2,1-5H3. The fourth-order valence-electron chi connectivity index (χ4n) is 1.03. The van der Waals surface area contributed by atoms with E-state index in [-0.39, 0.29) is 5.54 Å². The monoisotopic (exact) mass is 202 g/mol. The van der Waals surface area contributed by atoms with Crippen LogP contribution in [0.5, 0.6) is 0 Å². The molecule has 0 radical (unpaired) electrons. The summed E-state index contributed by atoms with van der Waals surface area (Å²) in [5.41, 5.74) is 0.247. The maximum absolute atomic E-state index is 4.98. The van der Waals surface area contributed by atoms with Crippen LogP contribution in [0.4, 0.5) is 0 Å². The van der Waals surface area contributed by atoms with E-state index in [1.807, 2.05) is 0 Å². The second kappa shape index (κ2) is 7.21. The number of methoxy groups -OCH3 is 1. The third kappa shape index (κ3) is 7.30. The van der Waals surface area contributed by atoms with Crippen molar-refractivity contribution in [2.45, 2.75) is 45.7 Å². The predicted molar refractivity (Wildman–Crippen MR) is 61.7 cm³/mol. The average Bonchev–Trinajstić information content (AvgIpc) is 2.16. The number of hydrogen-bond acceptors (Lipinski definition) is 3. The first-order valence-corrected chi connectivity index (χ1v) is 5.49. The zero-order valence-corrected chi connectivity index (χ0v) is 10.3. The second-order valence-electron chi connectivity index (χ2n) is 4.47. The summed E-state index contributed by atoms with van der Waals surface area (Å²) in [6.45, 7) is 11.6. The van der Waals surface area contributed by atoms with Crippen LogP contribution < -0.4 is 10.6 Å². The van der Waals surface area contributed by atoms with Gasteiger partial charge >= 0.3 is 0 Å². The molecule has 0 rings (SSSR count). The van der Waals surface area contributed by atoms with Gasteiger partial charge in [-0.05, 0) is 27.2 Å². The maximum atomic E-state index is 4.98. The van der Waals surface area contributed by atoms with Gasteiger partial charge < -0.3 is 15.4 Å². The van der Waals surface area contributed by atoms with Gasteiger partial charge in [0.1, 0.15) is 0 Å². The zero-order chi connectivity index (χ0) is 11.0. The van der Waals surface area contributed by atoms with E-state index in [1.165, 1.54) is 0 Å². The van der Waals surface area contributed by atoms with Crippen molar-refractivity contribution in [3.05, 3.63) is 0 Å². The molecule has 0 aromatic rings. The van der Waals surface area contributed by atoms with E-state index in [1.54, 1.807) is 7.11 Å². The van der Waals surface area contributed by atoms with Crippen molar-refractivity contribution in [2.24, 2.45) is 0 Å². The summed E-state index contributed by atoms with van der Waals surface area (Å²) >= 11 is 0. The van der Waals surface area contributed by atoms with E-state index in [2.05, 4.69) is 38.3 Å². The Morgan fingerprint density at radius 3 is 2.50 bits per heavy atom. The molecule has 0 aliphatic carbocycles. The summed E-state index contributed by atoms with van der Waals surface area (Å²) in [5, 5.41) is 6.92. The third-order valence-corrected chi connectivity index (χ3v) is 2.57. The molecular weight excluding hydrogens is 176 g/mol. The Morgan fingerprint density at radius 2 is 2.00 bits per heavy atom. The van der Waals surface area contributed by atoms with Gasteiger partial charge in [-0.3, -0.25) is 0 Å². The van der Waals surface area contributed by atoms with E-state index < -0.39 is 0 Å². The van der Waals surface area contributed by atoms with Crippen molar-refractivity contribution in [1.29, 1.82) is 0 Å². The highest BCUT2D eigenvalue weighted by molar-refractivity contribution is 4.77. The lowest BCUT2D eigenvalue weighted by Gasteiger charge is -2.27. The van der Waals surface area contributed by atoms with Crippen molar-refractivity contribution in [3.63, 3.8) is 0 Å². The summed E-state index contributed by atoms with van der Waals surface area (Å²) in [4.78, 5) is 0. The van der Waals surface area contributed by atoms with Gasteiger partial charge in [-0.25, -0.2) is 0 Å². The largest absolute Gasteiger partial charge is 0.383 e. The first kappa shape index (κ1) is 13.9. The van der Waals surface area contributed by atoms with E-state index in [9.17, 15) is 0 Å². The van der Waals surface area contributed by atoms with Gasteiger partial charge in [-0.2, -0.15) is 0 Å². The first-order valence-electron chi connectivity index (χ1n) is 5.49. The van der Waals surface area contributed by atoms with Gasteiger partial charge in [0.15, 0.2) is 0 Å². The molecule has 0 bridgehead atoms. The Balaban J connectivity index is 3.48. The molecule has 86 valence electrons. The summed E-state index contributed by atoms with van der Waals surface area (Å²) < 4.78 is 4.98. The number of ether oxygens (including phenoxy) is 1. The Kier molecular flexibility index (Phi) is 7.15. The molecule has 1 unspecified atom stereocenters. The molecule has 1 atom stereocenters. The van der Waals surface area contributed by atoms with Gasteiger partial charge in [0.2, 0.25) is 0 Å². The Hall–Kier alpha value is -0.120. The molecule has 0 aliphatic rings. The van der Waals surface area contributed by atoms with Crippen LogP contribution in [0.15, 0.2) is 0 Å². The van der Waals surface area contributed by atoms with Crippen LogP contribution in [0.2, 0.25) is 0 Å². The van der Waals surface area contributed by atoms with Crippen LogP contribution in [0.1, 0.15) is 34.1 Å². The quantitative estimate of drug-likeness (QED) is 0.584. The van der Waals surface area contributed by atoms with Crippen molar-refractivity contribution < 1.29 is 4.74 Å². The predicted octanol–water partition coefficient (Wildman–Crippen LogP) is 1.39. The van der Waals surface area contributed by atoms with Gasteiger partial charge in [0.05, 0.1) is 6.61 Å². The zero-order valence-electron chi connectivity index (χ0n) is 10.3. The fraction of sp³-hybridized carbons (Fsp3) is 1.00. The number of rotatable bonds is 8. The SMILES string of the molecule is CCC(C)(C)NCC(C)NCCOC. The lowest BCUT2D eigenvalue weighted by Crippen LogP contribution is -2.46. The molecule has 0 saturated heterocycles. The van der Waals surface area contributed by atoms with Crippen LogP contribution in [-0.4, -0.2) is 38.4 Å². The molecule has 0 aromatic heterocycles. The van der Waals surface area contributed by atoms with Crippen molar-refractivity contribution >= 4 is 0 Å². The van der Waals surface area contributed by atoms with E-state index in [0.29, 0.717) is 6.04 Å². The van der Waals surface area contributed by atoms with Crippen molar-refractivity contribution in [1.82, 2.24) is 10.6 Å². The minimum absolute atomic E-state index is 0.247. The minimum Gasteiger partial charge on any atom is -0.383 e. The summed E-state index contributed by atoms with van der Waals surface area (Å²) in [6.07, 6.45) is 1.15. The molecular formula is C11H26N2O. The lowest BCUT2D eigenvalue weighted by atomic mass is 10.0. The molecule has 0 saturated carbocycles. The van der Waals surface area contributed by atoms with E-state index in [0.717, 1.165) is 26.1 Å². The normalized spacial score (nSPS) is 14.4. The number of nitrogens with one attached hydrogen (secondary N) is 2. The first-order chi connectivity index (χ1) is 6.52. The topological polar surface area (TPSA) is 33.3 Å². The van der Waals surface area contributed by atoms with Gasteiger partial charge in [-0.1, -0.05) is 6.92 Å². The number of hydrogen-bond donors (Lipinski definition) is 2. The molecule has 2 N–H and O–H groups in total. The molecule has 0 heterocycles. The summed E-state index contributed by atoms with van der Waals surface area (Å²) in [7, 11) is 1.73. The van der Waals surface area contributed by atoms with Gasteiger partial charge in [0, 0.05) is 31.8 Å². The lowest BCUT2D eigenvalue weighted by molar-refractivity contribution is 0.195. The van der Waals surface area contributed by atoms with Crippen molar-refractivity contribution in [2.75, 3.05) is 26.8 Å². The summed E-state index contributed by atoms with van der Waals surface area (Å²) in [6, 6.07) is 0.496. The molecule has 0 fully saturated rings. The minimum atomic E-state index is 0.247. The second-order valence-corrected chi connectivity index (χ2v) is 4.47. The van der Waals surface area contributed by atoms with Crippen LogP contribution in [0.25, 0.3) is 0 Å². The van der Waals surface area contributed by atoms with Crippen LogP contribution >= 0.6 is 0 Å². The maximum Gasteiger partial charge on any atom is 0.0587 e. The fourth-order valence-corrected chi connectivity index (χ4v) is 1.03. The van der Waals surface area contributed by atoms with Crippen LogP contribution in [0, 0.1) is 0 Å². The van der Waals surface area contributed by atoms with Crippen LogP contribution in [-0.2, 0) is 4.74 Å². The highest BCUT2D eigenvalue weighted by Gasteiger charge is 2.14. The van der Waals surface area contributed by atoms with E-state index >= 15 is 0 Å². The highest BCUT2D eigenvalue weighted by atomic mass is 16.5. The molecule has 14 heavy (non-hydrogen) atoms. The van der Waals surface area contributed by atoms with Crippen LogP contribution in [0.3, 0.4) is 0 Å². The molecule has 0 aromatic carbocycles. The van der Waals surface area contributed by atoms with Gasteiger partial charge in [0.25, 0.3) is 0 Å². The molecule has 3 nitrogen and oxygen atoms in total. The Morgan fingerprint density at radius 1 is 1.36 bits per heavy atom.